The van der Waals surface area contributed by atoms with Crippen molar-refractivity contribution in [3.05, 3.63) is 34.1 Å². The summed E-state index contributed by atoms with van der Waals surface area (Å²) in [4.78, 5) is 11.8. The Morgan fingerprint density at radius 1 is 1.10 bits per heavy atom. The van der Waals surface area contributed by atoms with E-state index >= 15 is 0 Å². The first-order valence-electron chi connectivity index (χ1n) is 5.68. The molecule has 3 atom stereocenters. The van der Waals surface area contributed by atoms with E-state index < -0.39 is 64.2 Å². The maximum atomic E-state index is 13.9. The second-order valence-electron chi connectivity index (χ2n) is 4.68. The lowest BCUT2D eigenvalue weighted by Crippen LogP contribution is -2.26. The van der Waals surface area contributed by atoms with Crippen LogP contribution >= 0.6 is 0 Å². The Balaban J connectivity index is 2.83. The summed E-state index contributed by atoms with van der Waals surface area (Å²) in [5.41, 5.74) is -5.09. The molecule has 9 heteroatoms. The number of carbonyl (C=O) groups is 1. The van der Waals surface area contributed by atoms with Gasteiger partial charge >= 0.3 is 6.18 Å². The van der Waals surface area contributed by atoms with Crippen molar-refractivity contribution >= 4 is 5.78 Å². The minimum absolute atomic E-state index is 1.01. The number of halogens is 6. The predicted octanol–water partition coefficient (Wildman–Crippen LogP) is 2.35. The molecule has 3 unspecified atom stereocenters. The molecule has 2 rings (SSSR count). The highest BCUT2D eigenvalue weighted by molar-refractivity contribution is 6.03. The SMILES string of the molecule is CC(O)C1C(=O)c2c(F)c(F)c(C(F)(F)F)c(F)c2C1O. The van der Waals surface area contributed by atoms with Crippen LogP contribution in [0.15, 0.2) is 0 Å². The zero-order valence-corrected chi connectivity index (χ0v) is 10.3. The smallest absolute Gasteiger partial charge is 0.393 e. The second-order valence-corrected chi connectivity index (χ2v) is 4.68. The third kappa shape index (κ3) is 2.11. The van der Waals surface area contributed by atoms with Gasteiger partial charge in [0.05, 0.1) is 23.7 Å². The topological polar surface area (TPSA) is 57.5 Å². The van der Waals surface area contributed by atoms with Crippen LogP contribution in [0.4, 0.5) is 26.3 Å². The number of ketones is 1. The molecule has 0 saturated heterocycles. The van der Waals surface area contributed by atoms with E-state index in [0.29, 0.717) is 0 Å². The Morgan fingerprint density at radius 3 is 2.05 bits per heavy atom. The van der Waals surface area contributed by atoms with Crippen molar-refractivity contribution in [2.75, 3.05) is 0 Å². The first-order valence-corrected chi connectivity index (χ1v) is 5.68. The van der Waals surface area contributed by atoms with Crippen molar-refractivity contribution < 1.29 is 41.4 Å². The molecular formula is C12H8F6O3. The number of hydrogen-bond donors (Lipinski definition) is 2. The van der Waals surface area contributed by atoms with Crippen molar-refractivity contribution in [3.63, 3.8) is 0 Å². The molecule has 1 aromatic carbocycles. The highest BCUT2D eigenvalue weighted by Crippen LogP contribution is 2.45. The van der Waals surface area contributed by atoms with Crippen LogP contribution in [-0.2, 0) is 6.18 Å². The number of hydrogen-bond acceptors (Lipinski definition) is 3. The van der Waals surface area contributed by atoms with Crippen molar-refractivity contribution in [2.45, 2.75) is 25.3 Å². The van der Waals surface area contributed by atoms with Gasteiger partial charge in [0.1, 0.15) is 11.4 Å². The van der Waals surface area contributed by atoms with E-state index in [4.69, 9.17) is 0 Å². The normalized spacial score (nSPS) is 23.4. The first kappa shape index (κ1) is 15.8. The summed E-state index contributed by atoms with van der Waals surface area (Å²) in [7, 11) is 0. The lowest BCUT2D eigenvalue weighted by atomic mass is 9.97. The van der Waals surface area contributed by atoms with E-state index in [1.54, 1.807) is 0 Å². The number of aliphatic hydroxyl groups excluding tert-OH is 2. The number of carbonyl (C=O) groups excluding carboxylic acids is 1. The van der Waals surface area contributed by atoms with Gasteiger partial charge in [-0.1, -0.05) is 0 Å². The summed E-state index contributed by atoms with van der Waals surface area (Å²) in [6, 6.07) is 0. The van der Waals surface area contributed by atoms with Gasteiger partial charge in [0, 0.05) is 5.56 Å². The third-order valence-electron chi connectivity index (χ3n) is 3.35. The number of alkyl halides is 3. The number of aliphatic hydroxyl groups is 2. The van der Waals surface area contributed by atoms with Gasteiger partial charge in [-0.15, -0.1) is 0 Å². The van der Waals surface area contributed by atoms with E-state index in [9.17, 15) is 41.4 Å². The Kier molecular flexibility index (Phi) is 3.53. The molecule has 0 fully saturated rings. The van der Waals surface area contributed by atoms with Crippen LogP contribution in [-0.4, -0.2) is 22.1 Å². The van der Waals surface area contributed by atoms with Gasteiger partial charge in [-0.3, -0.25) is 4.79 Å². The molecule has 2 N–H and O–H groups in total. The third-order valence-corrected chi connectivity index (χ3v) is 3.35. The summed E-state index contributed by atoms with van der Waals surface area (Å²) in [6.45, 7) is 1.01. The highest BCUT2D eigenvalue weighted by atomic mass is 19.4. The van der Waals surface area contributed by atoms with Crippen molar-refractivity contribution in [2.24, 2.45) is 5.92 Å². The van der Waals surface area contributed by atoms with Gasteiger partial charge < -0.3 is 10.2 Å². The Morgan fingerprint density at radius 2 is 1.62 bits per heavy atom. The molecule has 0 bridgehead atoms. The van der Waals surface area contributed by atoms with E-state index in [1.807, 2.05) is 0 Å². The minimum Gasteiger partial charge on any atom is -0.393 e. The fourth-order valence-electron chi connectivity index (χ4n) is 2.42. The van der Waals surface area contributed by atoms with Crippen LogP contribution in [0.3, 0.4) is 0 Å². The zero-order chi connectivity index (χ0) is 16.3. The first-order chi connectivity index (χ1) is 9.50. The standard InChI is InChI=1S/C12H8F6O3/c1-2(19)3-10(20)4-5(11(3)21)8(14)9(15)6(7(4)13)12(16,17)18/h2-3,10,19-20H,1H3. The molecule has 0 spiro atoms. The number of Topliss-reactive ketones (excluding diaryl/α,β-unsaturated/α-hetero) is 1. The maximum Gasteiger partial charge on any atom is 0.422 e. The molecule has 1 aliphatic carbocycles. The van der Waals surface area contributed by atoms with Crippen LogP contribution < -0.4 is 0 Å². The number of benzene rings is 1. The lowest BCUT2D eigenvalue weighted by Gasteiger charge is -2.17. The zero-order valence-electron chi connectivity index (χ0n) is 10.3. The molecule has 1 aliphatic rings. The molecule has 3 nitrogen and oxygen atoms in total. The van der Waals surface area contributed by atoms with Crippen LogP contribution in [0.25, 0.3) is 0 Å². The van der Waals surface area contributed by atoms with Gasteiger partial charge in [-0.05, 0) is 6.92 Å². The molecule has 21 heavy (non-hydrogen) atoms. The Labute approximate surface area is 113 Å². The summed E-state index contributed by atoms with van der Waals surface area (Å²) in [5.74, 6) is -10.1. The fraction of sp³-hybridized carbons (Fsp3) is 0.417. The quantitative estimate of drug-likeness (QED) is 0.618. The minimum atomic E-state index is -5.55. The monoisotopic (exact) mass is 314 g/mol. The molecule has 0 aliphatic heterocycles. The molecule has 0 amide bonds. The van der Waals surface area contributed by atoms with Crippen molar-refractivity contribution in [3.8, 4) is 0 Å². The van der Waals surface area contributed by atoms with Gasteiger partial charge in [0.25, 0.3) is 0 Å². The molecule has 116 valence electrons. The van der Waals surface area contributed by atoms with Crippen LogP contribution in [0.5, 0.6) is 0 Å². The number of rotatable bonds is 1. The van der Waals surface area contributed by atoms with E-state index in [1.165, 1.54) is 0 Å². The van der Waals surface area contributed by atoms with Gasteiger partial charge in [-0.25, -0.2) is 13.2 Å². The number of fused-ring (bicyclic) bond motifs is 1. The van der Waals surface area contributed by atoms with Crippen LogP contribution in [0.2, 0.25) is 0 Å². The van der Waals surface area contributed by atoms with E-state index in [0.717, 1.165) is 6.92 Å². The molecular weight excluding hydrogens is 306 g/mol. The average Bonchev–Trinajstić information content (AvgIpc) is 2.56. The molecule has 0 heterocycles. The van der Waals surface area contributed by atoms with Gasteiger partial charge in [0.2, 0.25) is 0 Å². The van der Waals surface area contributed by atoms with E-state index in [2.05, 4.69) is 0 Å². The second kappa shape index (κ2) is 4.70. The van der Waals surface area contributed by atoms with Crippen LogP contribution in [0, 0.1) is 23.4 Å². The highest BCUT2D eigenvalue weighted by Gasteiger charge is 2.50. The van der Waals surface area contributed by atoms with E-state index in [-0.39, 0.29) is 0 Å². The summed E-state index contributed by atoms with van der Waals surface area (Å²) >= 11 is 0. The summed E-state index contributed by atoms with van der Waals surface area (Å²) in [5, 5.41) is 19.0. The van der Waals surface area contributed by atoms with Crippen molar-refractivity contribution in [1.82, 2.24) is 0 Å². The lowest BCUT2D eigenvalue weighted by molar-refractivity contribution is -0.143. The van der Waals surface area contributed by atoms with Crippen LogP contribution in [0.1, 0.15) is 34.5 Å². The largest absolute Gasteiger partial charge is 0.422 e. The van der Waals surface area contributed by atoms with Crippen molar-refractivity contribution in [1.29, 1.82) is 0 Å². The molecule has 0 radical (unpaired) electrons. The average molecular weight is 314 g/mol. The predicted molar refractivity (Wildman–Crippen MR) is 55.8 cm³/mol. The summed E-state index contributed by atoms with van der Waals surface area (Å²) in [6.07, 6.45) is -9.32. The van der Waals surface area contributed by atoms with Gasteiger partial charge in [-0.2, -0.15) is 13.2 Å². The molecule has 0 aromatic heterocycles. The Bertz CT molecular complexity index is 623. The molecule has 0 saturated carbocycles. The fourth-order valence-corrected chi connectivity index (χ4v) is 2.42. The summed E-state index contributed by atoms with van der Waals surface area (Å²) < 4.78 is 78.7. The maximum absolute atomic E-state index is 13.9. The van der Waals surface area contributed by atoms with Gasteiger partial charge in [0.15, 0.2) is 17.4 Å². The molecule has 1 aromatic rings. The Hall–Kier alpha value is -1.61.